The average molecular weight is 707 g/mol. The third-order valence-electron chi connectivity index (χ3n) is 9.12. The molecule has 0 aliphatic carbocycles. The standard InChI is InChI=1S/C41H47FN6O4/c1-40(2,3)30-14-12-27(13-15-30)38(49)44-23-29-11-10-28(22-34(29)42)33-18-20-43-37-35(33)36(46-48(37)24-26-8-16-32(51-7)17-9-26)45-31-19-21-47(25-31)39(50)52-41(4,5)6/h8-18,20,22,31H,19,21,23-25H2,1-7H3,(H,44,49)(H,45,46)/t31-/m1/s1. The van der Waals surface area contributed by atoms with Gasteiger partial charge in [-0.25, -0.2) is 18.9 Å². The first kappa shape index (κ1) is 36.3. The number of nitrogens with one attached hydrogen (secondary N) is 2. The Labute approximate surface area is 304 Å². The summed E-state index contributed by atoms with van der Waals surface area (Å²) in [5, 5.41) is 12.1. The van der Waals surface area contributed by atoms with Gasteiger partial charge in [-0.2, -0.15) is 5.10 Å². The number of amides is 2. The highest BCUT2D eigenvalue weighted by Gasteiger charge is 2.31. The Morgan fingerprint density at radius 3 is 2.35 bits per heavy atom. The van der Waals surface area contributed by atoms with Crippen molar-refractivity contribution in [3.05, 3.63) is 107 Å². The number of fused-ring (bicyclic) bond motifs is 1. The van der Waals surface area contributed by atoms with Crippen molar-refractivity contribution < 1.29 is 23.5 Å². The molecule has 6 rings (SSSR count). The minimum atomic E-state index is -0.589. The summed E-state index contributed by atoms with van der Waals surface area (Å²) in [6.07, 6.45) is 2.06. The molecule has 1 atom stereocenters. The highest BCUT2D eigenvalue weighted by Crippen LogP contribution is 2.35. The molecule has 0 unspecified atom stereocenters. The molecule has 1 fully saturated rings. The van der Waals surface area contributed by atoms with Crippen molar-refractivity contribution in [1.29, 1.82) is 0 Å². The van der Waals surface area contributed by atoms with Gasteiger partial charge in [0.15, 0.2) is 11.5 Å². The van der Waals surface area contributed by atoms with E-state index in [9.17, 15) is 9.59 Å². The first-order valence-electron chi connectivity index (χ1n) is 17.6. The number of rotatable bonds is 9. The topological polar surface area (TPSA) is 111 Å². The summed E-state index contributed by atoms with van der Waals surface area (Å²) < 4.78 is 28.5. The van der Waals surface area contributed by atoms with Crippen LogP contribution in [0.15, 0.2) is 79.0 Å². The van der Waals surface area contributed by atoms with Gasteiger partial charge >= 0.3 is 6.09 Å². The SMILES string of the molecule is COc1ccc(Cn2nc(N[C@@H]3CCN(C(=O)OC(C)(C)C)C3)c3c(-c4ccc(CNC(=O)c5ccc(C(C)(C)C)cc5)c(F)c4)ccnc32)cc1. The molecule has 1 aliphatic rings. The second-order valence-electron chi connectivity index (χ2n) is 15.3. The van der Waals surface area contributed by atoms with Crippen LogP contribution in [0.3, 0.4) is 0 Å². The lowest BCUT2D eigenvalue weighted by molar-refractivity contribution is 0.0293. The quantitative estimate of drug-likeness (QED) is 0.160. The summed E-state index contributed by atoms with van der Waals surface area (Å²) in [5.74, 6) is 0.649. The Morgan fingerprint density at radius 1 is 0.962 bits per heavy atom. The number of likely N-dealkylation sites (tertiary alicyclic amines) is 1. The second kappa shape index (κ2) is 14.7. The Hall–Kier alpha value is -5.45. The van der Waals surface area contributed by atoms with E-state index >= 15 is 4.39 Å². The van der Waals surface area contributed by atoms with Crippen LogP contribution in [-0.4, -0.2) is 63.5 Å². The van der Waals surface area contributed by atoms with Gasteiger partial charge in [0.2, 0.25) is 0 Å². The summed E-state index contributed by atoms with van der Waals surface area (Å²) in [6.45, 7) is 13.4. The maximum absolute atomic E-state index is 15.7. The van der Waals surface area contributed by atoms with Crippen molar-refractivity contribution in [2.75, 3.05) is 25.5 Å². The Kier molecular flexibility index (Phi) is 10.2. The molecule has 3 heterocycles. The molecule has 3 aromatic carbocycles. The van der Waals surface area contributed by atoms with E-state index in [4.69, 9.17) is 19.6 Å². The molecule has 0 radical (unpaired) electrons. The number of hydrogen-bond donors (Lipinski definition) is 2. The molecule has 2 N–H and O–H groups in total. The molecule has 10 nitrogen and oxygen atoms in total. The Bertz CT molecular complexity index is 2060. The van der Waals surface area contributed by atoms with Crippen molar-refractivity contribution in [2.45, 2.75) is 78.1 Å². The summed E-state index contributed by atoms with van der Waals surface area (Å²) in [7, 11) is 1.63. The molecule has 2 amide bonds. The predicted molar refractivity (Wildman–Crippen MR) is 201 cm³/mol. The van der Waals surface area contributed by atoms with Crippen molar-refractivity contribution in [2.24, 2.45) is 0 Å². The van der Waals surface area contributed by atoms with Gasteiger partial charge in [0.1, 0.15) is 17.2 Å². The van der Waals surface area contributed by atoms with E-state index in [1.165, 1.54) is 6.07 Å². The Balaban J connectivity index is 1.26. The molecule has 0 bridgehead atoms. The van der Waals surface area contributed by atoms with Gasteiger partial charge in [0, 0.05) is 43.0 Å². The van der Waals surface area contributed by atoms with E-state index < -0.39 is 11.4 Å². The zero-order valence-corrected chi connectivity index (χ0v) is 30.9. The zero-order chi connectivity index (χ0) is 37.2. The number of nitrogens with zero attached hydrogens (tertiary/aromatic N) is 4. The van der Waals surface area contributed by atoms with Crippen molar-refractivity contribution in [3.8, 4) is 16.9 Å². The summed E-state index contributed by atoms with van der Waals surface area (Å²) in [4.78, 5) is 32.1. The fraction of sp³-hybridized carbons (Fsp3) is 0.366. The van der Waals surface area contributed by atoms with Crippen molar-refractivity contribution in [1.82, 2.24) is 25.0 Å². The smallest absolute Gasteiger partial charge is 0.410 e. The van der Waals surface area contributed by atoms with Crippen LogP contribution in [0.2, 0.25) is 0 Å². The van der Waals surface area contributed by atoms with Crippen LogP contribution in [-0.2, 0) is 23.2 Å². The van der Waals surface area contributed by atoms with Gasteiger partial charge in [0.05, 0.1) is 19.0 Å². The lowest BCUT2D eigenvalue weighted by Crippen LogP contribution is -2.36. The van der Waals surface area contributed by atoms with E-state index in [-0.39, 0.29) is 30.0 Å². The van der Waals surface area contributed by atoms with Crippen LogP contribution < -0.4 is 15.4 Å². The molecule has 0 saturated carbocycles. The summed E-state index contributed by atoms with van der Waals surface area (Å²) in [5.41, 5.74) is 4.45. The molecule has 272 valence electrons. The predicted octanol–water partition coefficient (Wildman–Crippen LogP) is 7.94. The molecule has 5 aromatic rings. The Morgan fingerprint density at radius 2 is 1.69 bits per heavy atom. The molecule has 1 saturated heterocycles. The van der Waals surface area contributed by atoms with E-state index in [1.54, 1.807) is 36.4 Å². The lowest BCUT2D eigenvalue weighted by Gasteiger charge is -2.24. The maximum atomic E-state index is 15.7. The monoisotopic (exact) mass is 706 g/mol. The van der Waals surface area contributed by atoms with Crippen molar-refractivity contribution in [3.63, 3.8) is 0 Å². The van der Waals surface area contributed by atoms with Crippen LogP contribution in [0.1, 0.15) is 75.0 Å². The minimum absolute atomic E-state index is 0.0220. The van der Waals surface area contributed by atoms with Crippen molar-refractivity contribution >= 4 is 28.9 Å². The number of hydrogen-bond acceptors (Lipinski definition) is 7. The molecule has 11 heteroatoms. The molecule has 1 aliphatic heterocycles. The largest absolute Gasteiger partial charge is 0.497 e. The highest BCUT2D eigenvalue weighted by molar-refractivity contribution is 6.01. The highest BCUT2D eigenvalue weighted by atomic mass is 19.1. The van der Waals surface area contributed by atoms with Crippen LogP contribution in [0.25, 0.3) is 22.2 Å². The number of aromatic nitrogens is 3. The minimum Gasteiger partial charge on any atom is -0.497 e. The first-order chi connectivity index (χ1) is 24.7. The molecule has 0 spiro atoms. The van der Waals surface area contributed by atoms with Gasteiger partial charge in [-0.3, -0.25) is 4.79 Å². The molecule has 52 heavy (non-hydrogen) atoms. The fourth-order valence-electron chi connectivity index (χ4n) is 6.27. The number of carbonyl (C=O) groups excluding carboxylic acids is 2. The van der Waals surface area contributed by atoms with Gasteiger partial charge in [-0.1, -0.05) is 57.2 Å². The van der Waals surface area contributed by atoms with Gasteiger partial charge in [-0.05, 0) is 91.3 Å². The molecular weight excluding hydrogens is 659 g/mol. The van der Waals surface area contributed by atoms with E-state index in [0.717, 1.165) is 27.8 Å². The number of benzene rings is 3. The lowest BCUT2D eigenvalue weighted by atomic mass is 9.87. The van der Waals surface area contributed by atoms with Crippen LogP contribution in [0.4, 0.5) is 15.0 Å². The van der Waals surface area contributed by atoms with Gasteiger partial charge < -0.3 is 25.0 Å². The second-order valence-corrected chi connectivity index (χ2v) is 15.3. The summed E-state index contributed by atoms with van der Waals surface area (Å²) in [6, 6.07) is 22.1. The molecule has 2 aromatic heterocycles. The number of anilines is 1. The van der Waals surface area contributed by atoms with Crippen LogP contribution in [0.5, 0.6) is 5.75 Å². The van der Waals surface area contributed by atoms with Gasteiger partial charge in [0.25, 0.3) is 5.91 Å². The number of halogens is 1. The molecular formula is C41H47FN6O4. The van der Waals surface area contributed by atoms with E-state index in [0.29, 0.717) is 54.2 Å². The zero-order valence-electron chi connectivity index (χ0n) is 30.9. The average Bonchev–Trinajstić information content (AvgIpc) is 3.72. The van der Waals surface area contributed by atoms with Gasteiger partial charge in [-0.15, -0.1) is 0 Å². The maximum Gasteiger partial charge on any atom is 0.410 e. The fourth-order valence-corrected chi connectivity index (χ4v) is 6.27. The third-order valence-corrected chi connectivity index (χ3v) is 9.12. The van der Waals surface area contributed by atoms with Crippen LogP contribution >= 0.6 is 0 Å². The number of pyridine rings is 1. The van der Waals surface area contributed by atoms with E-state index in [1.807, 2.05) is 74.0 Å². The van der Waals surface area contributed by atoms with Crippen LogP contribution in [0, 0.1) is 5.82 Å². The van der Waals surface area contributed by atoms with E-state index in [2.05, 4.69) is 31.4 Å². The third kappa shape index (κ3) is 8.36. The number of methoxy groups -OCH3 is 1. The first-order valence-corrected chi connectivity index (χ1v) is 17.6. The number of ether oxygens (including phenoxy) is 2. The normalized spacial score (nSPS) is 14.8. The number of carbonyl (C=O) groups is 2. The summed E-state index contributed by atoms with van der Waals surface area (Å²) >= 11 is 0.